The van der Waals surface area contributed by atoms with Crippen molar-refractivity contribution in [3.05, 3.63) is 12.1 Å². The van der Waals surface area contributed by atoms with Crippen molar-refractivity contribution in [3.8, 4) is 0 Å². The molecule has 0 aliphatic carbocycles. The first-order valence-corrected chi connectivity index (χ1v) is 5.14. The molecule has 1 atom stereocenters. The largest absolute Gasteiger partial charge is 0.389 e. The number of aromatic nitrogens is 5. The number of anilines is 1. The van der Waals surface area contributed by atoms with E-state index in [2.05, 4.69) is 20.6 Å². The molecule has 8 nitrogen and oxygen atoms in total. The van der Waals surface area contributed by atoms with Crippen LogP contribution in [0.1, 0.15) is 0 Å². The smallest absolute Gasteiger partial charge is 0.200 e. The highest BCUT2D eigenvalue weighted by Crippen LogP contribution is 2.08. The Balaban J connectivity index is 2.09. The van der Waals surface area contributed by atoms with Crippen LogP contribution in [-0.2, 0) is 4.74 Å². The van der Waals surface area contributed by atoms with Gasteiger partial charge in [-0.15, -0.1) is 14.8 Å². The molecule has 1 unspecified atom stereocenters. The van der Waals surface area contributed by atoms with Crippen molar-refractivity contribution in [2.75, 3.05) is 32.2 Å². The number of methoxy groups -OCH3 is 1. The van der Waals surface area contributed by atoms with Crippen molar-refractivity contribution in [3.63, 3.8) is 0 Å². The van der Waals surface area contributed by atoms with Gasteiger partial charge < -0.3 is 14.7 Å². The first-order chi connectivity index (χ1) is 8.20. The zero-order chi connectivity index (χ0) is 12.3. The van der Waals surface area contributed by atoms with Crippen molar-refractivity contribution in [1.29, 1.82) is 0 Å². The fourth-order valence-corrected chi connectivity index (χ4v) is 1.50. The molecule has 8 heteroatoms. The van der Waals surface area contributed by atoms with E-state index in [0.717, 1.165) is 0 Å². The molecule has 2 aromatic heterocycles. The summed E-state index contributed by atoms with van der Waals surface area (Å²) >= 11 is 0. The van der Waals surface area contributed by atoms with Crippen LogP contribution in [0.4, 0.5) is 5.82 Å². The van der Waals surface area contributed by atoms with Crippen LogP contribution in [0, 0.1) is 0 Å². The SMILES string of the molecule is COCC(O)CN(C)c1ccc2nnnn2n1. The predicted octanol–water partition coefficient (Wildman–Crippen LogP) is -1.04. The monoisotopic (exact) mass is 238 g/mol. The maximum Gasteiger partial charge on any atom is 0.200 e. The van der Waals surface area contributed by atoms with Gasteiger partial charge in [0.25, 0.3) is 0 Å². The number of likely N-dealkylation sites (N-methyl/N-ethyl adjacent to an activating group) is 1. The molecule has 0 saturated carbocycles. The van der Waals surface area contributed by atoms with E-state index in [4.69, 9.17) is 4.74 Å². The highest BCUT2D eigenvalue weighted by atomic mass is 16.5. The molecule has 0 aromatic carbocycles. The number of aliphatic hydroxyl groups is 1. The summed E-state index contributed by atoms with van der Waals surface area (Å²) in [6, 6.07) is 3.56. The summed E-state index contributed by atoms with van der Waals surface area (Å²) in [4.78, 5) is 1.81. The zero-order valence-electron chi connectivity index (χ0n) is 9.69. The number of aliphatic hydroxyl groups excluding tert-OH is 1. The molecule has 2 rings (SSSR count). The Bertz CT molecular complexity index is 487. The average Bonchev–Trinajstić information content (AvgIpc) is 2.75. The fraction of sp³-hybridized carbons (Fsp3) is 0.556. The second-order valence-corrected chi connectivity index (χ2v) is 3.71. The third kappa shape index (κ3) is 2.66. The van der Waals surface area contributed by atoms with Crippen LogP contribution >= 0.6 is 0 Å². The second-order valence-electron chi connectivity index (χ2n) is 3.71. The number of hydrogen-bond donors (Lipinski definition) is 1. The van der Waals surface area contributed by atoms with Gasteiger partial charge in [0.05, 0.1) is 12.7 Å². The van der Waals surface area contributed by atoms with Gasteiger partial charge in [0.1, 0.15) is 0 Å². The summed E-state index contributed by atoms with van der Waals surface area (Å²) < 4.78 is 6.21. The molecule has 2 heterocycles. The van der Waals surface area contributed by atoms with E-state index in [9.17, 15) is 5.11 Å². The Morgan fingerprint density at radius 3 is 3.12 bits per heavy atom. The highest BCUT2D eigenvalue weighted by molar-refractivity contribution is 5.43. The fourth-order valence-electron chi connectivity index (χ4n) is 1.50. The van der Waals surface area contributed by atoms with Crippen LogP contribution < -0.4 is 4.90 Å². The van der Waals surface area contributed by atoms with Crippen LogP contribution in [-0.4, -0.2) is 63.8 Å². The molecular formula is C9H14N6O2. The van der Waals surface area contributed by atoms with Crippen molar-refractivity contribution < 1.29 is 9.84 Å². The minimum absolute atomic E-state index is 0.289. The Hall–Kier alpha value is -1.80. The quantitative estimate of drug-likeness (QED) is 0.711. The van der Waals surface area contributed by atoms with Gasteiger partial charge in [0, 0.05) is 20.7 Å². The number of fused-ring (bicyclic) bond motifs is 1. The second kappa shape index (κ2) is 5.02. The molecule has 0 radical (unpaired) electrons. The van der Waals surface area contributed by atoms with Gasteiger partial charge >= 0.3 is 0 Å². The Labute approximate surface area is 97.8 Å². The number of hydrogen-bond acceptors (Lipinski definition) is 7. The van der Waals surface area contributed by atoms with E-state index < -0.39 is 6.10 Å². The standard InChI is InChI=1S/C9H14N6O2/c1-14(5-7(16)6-17-2)9-4-3-8-10-12-13-15(8)11-9/h3-4,7,16H,5-6H2,1-2H3. The molecule has 17 heavy (non-hydrogen) atoms. The van der Waals surface area contributed by atoms with Crippen LogP contribution in [0.15, 0.2) is 12.1 Å². The van der Waals surface area contributed by atoms with Gasteiger partial charge in [-0.1, -0.05) is 0 Å². The lowest BCUT2D eigenvalue weighted by atomic mass is 10.3. The first-order valence-electron chi connectivity index (χ1n) is 5.14. The number of rotatable bonds is 5. The summed E-state index contributed by atoms with van der Waals surface area (Å²) in [7, 11) is 3.38. The highest BCUT2D eigenvalue weighted by Gasteiger charge is 2.10. The van der Waals surface area contributed by atoms with Gasteiger partial charge in [0.2, 0.25) is 0 Å². The summed E-state index contributed by atoms with van der Waals surface area (Å²) in [5.74, 6) is 0.681. The van der Waals surface area contributed by atoms with Crippen LogP contribution in [0.25, 0.3) is 5.65 Å². The Morgan fingerprint density at radius 2 is 2.35 bits per heavy atom. The lowest BCUT2D eigenvalue weighted by Crippen LogP contribution is -2.32. The van der Waals surface area contributed by atoms with Gasteiger partial charge in [-0.3, -0.25) is 0 Å². The predicted molar refractivity (Wildman–Crippen MR) is 59.7 cm³/mol. The lowest BCUT2D eigenvalue weighted by Gasteiger charge is -2.20. The molecule has 0 bridgehead atoms. The molecular weight excluding hydrogens is 224 g/mol. The minimum Gasteiger partial charge on any atom is -0.389 e. The third-order valence-corrected chi connectivity index (χ3v) is 2.29. The van der Waals surface area contributed by atoms with E-state index in [1.54, 1.807) is 19.2 Å². The molecule has 0 aliphatic rings. The van der Waals surface area contributed by atoms with E-state index in [-0.39, 0.29) is 6.61 Å². The van der Waals surface area contributed by atoms with Crippen molar-refractivity contribution >= 4 is 11.5 Å². The van der Waals surface area contributed by atoms with Gasteiger partial charge in [0.15, 0.2) is 11.5 Å². The molecule has 0 fully saturated rings. The van der Waals surface area contributed by atoms with E-state index >= 15 is 0 Å². The van der Waals surface area contributed by atoms with Crippen molar-refractivity contribution in [2.24, 2.45) is 0 Å². The normalized spacial score (nSPS) is 12.9. The number of nitrogens with zero attached hydrogens (tertiary/aromatic N) is 6. The van der Waals surface area contributed by atoms with Gasteiger partial charge in [-0.2, -0.15) is 0 Å². The van der Waals surface area contributed by atoms with Crippen molar-refractivity contribution in [2.45, 2.75) is 6.10 Å². The molecule has 0 spiro atoms. The Morgan fingerprint density at radius 1 is 1.53 bits per heavy atom. The van der Waals surface area contributed by atoms with E-state index in [1.807, 2.05) is 11.9 Å². The molecule has 2 aromatic rings. The summed E-state index contributed by atoms with van der Waals surface area (Å²) in [6.45, 7) is 0.714. The molecule has 0 amide bonds. The minimum atomic E-state index is -0.559. The average molecular weight is 238 g/mol. The van der Waals surface area contributed by atoms with Crippen LogP contribution in [0.3, 0.4) is 0 Å². The number of ether oxygens (including phenoxy) is 1. The van der Waals surface area contributed by atoms with Gasteiger partial charge in [-0.25, -0.2) is 0 Å². The molecule has 0 saturated heterocycles. The zero-order valence-corrected chi connectivity index (χ0v) is 9.69. The van der Waals surface area contributed by atoms with Crippen LogP contribution in [0.2, 0.25) is 0 Å². The topological polar surface area (TPSA) is 88.7 Å². The first kappa shape index (κ1) is 11.7. The van der Waals surface area contributed by atoms with Crippen LogP contribution in [0.5, 0.6) is 0 Å². The molecule has 92 valence electrons. The molecule has 0 aliphatic heterocycles. The maximum atomic E-state index is 9.61. The summed E-state index contributed by atoms with van der Waals surface area (Å²) in [6.07, 6.45) is -0.559. The van der Waals surface area contributed by atoms with E-state index in [0.29, 0.717) is 18.0 Å². The van der Waals surface area contributed by atoms with E-state index in [1.165, 1.54) is 4.63 Å². The maximum absolute atomic E-state index is 9.61. The third-order valence-electron chi connectivity index (χ3n) is 2.29. The number of tetrazole rings is 1. The Kier molecular flexibility index (Phi) is 3.45. The lowest BCUT2D eigenvalue weighted by molar-refractivity contribution is 0.0694. The molecule has 1 N–H and O–H groups in total. The summed E-state index contributed by atoms with van der Waals surface area (Å²) in [5.41, 5.74) is 0.583. The van der Waals surface area contributed by atoms with Crippen molar-refractivity contribution in [1.82, 2.24) is 25.3 Å². The van der Waals surface area contributed by atoms with Gasteiger partial charge in [-0.05, 0) is 22.6 Å². The summed E-state index contributed by atoms with van der Waals surface area (Å²) in [5, 5.41) is 24.8.